The zero-order chi connectivity index (χ0) is 20.7. The van der Waals surface area contributed by atoms with Crippen molar-refractivity contribution in [3.63, 3.8) is 0 Å². The van der Waals surface area contributed by atoms with Crippen molar-refractivity contribution in [1.82, 2.24) is 0 Å². The quantitative estimate of drug-likeness (QED) is 0.392. The summed E-state index contributed by atoms with van der Waals surface area (Å²) in [6, 6.07) is 17.2. The lowest BCUT2D eigenvalue weighted by molar-refractivity contribution is -0.0499. The number of alkyl halides is 3. The molecular formula is C21H19F3O3S. The van der Waals surface area contributed by atoms with E-state index in [1.165, 1.54) is 6.07 Å². The van der Waals surface area contributed by atoms with Gasteiger partial charge in [0, 0.05) is 5.56 Å². The first-order valence-electron chi connectivity index (χ1n) is 8.53. The lowest BCUT2D eigenvalue weighted by atomic mass is 9.81. The largest absolute Gasteiger partial charge is 0.534 e. The molecule has 0 aromatic heterocycles. The molecule has 0 radical (unpaired) electrons. The second kappa shape index (κ2) is 6.81. The molecule has 0 unspecified atom stereocenters. The molecule has 28 heavy (non-hydrogen) atoms. The van der Waals surface area contributed by atoms with Crippen LogP contribution < -0.4 is 4.18 Å². The van der Waals surface area contributed by atoms with Crippen molar-refractivity contribution in [2.24, 2.45) is 0 Å². The topological polar surface area (TPSA) is 43.4 Å². The Hall–Kier alpha value is -2.54. The average molecular weight is 408 g/mol. The lowest BCUT2D eigenvalue weighted by Gasteiger charge is -2.24. The Morgan fingerprint density at radius 2 is 1.32 bits per heavy atom. The predicted octanol–water partition coefficient (Wildman–Crippen LogP) is 6.03. The van der Waals surface area contributed by atoms with E-state index in [9.17, 15) is 21.6 Å². The number of benzene rings is 3. The number of fused-ring (bicyclic) bond motifs is 1. The van der Waals surface area contributed by atoms with Crippen LogP contribution in [0.4, 0.5) is 13.2 Å². The number of hydrogen-bond acceptors (Lipinski definition) is 3. The van der Waals surface area contributed by atoms with E-state index < -0.39 is 15.6 Å². The molecule has 0 aliphatic heterocycles. The third-order valence-corrected chi connectivity index (χ3v) is 5.32. The molecule has 3 nitrogen and oxygen atoms in total. The maximum absolute atomic E-state index is 12.9. The van der Waals surface area contributed by atoms with Crippen molar-refractivity contribution in [3.05, 3.63) is 66.2 Å². The normalized spacial score (nSPS) is 12.9. The van der Waals surface area contributed by atoms with Crippen LogP contribution in [0, 0.1) is 0 Å². The van der Waals surface area contributed by atoms with Gasteiger partial charge in [-0.05, 0) is 39.4 Å². The molecule has 148 valence electrons. The number of halogens is 3. The van der Waals surface area contributed by atoms with Gasteiger partial charge in [-0.15, -0.1) is 0 Å². The van der Waals surface area contributed by atoms with Crippen LogP contribution >= 0.6 is 0 Å². The van der Waals surface area contributed by atoms with Crippen LogP contribution in [-0.2, 0) is 15.5 Å². The van der Waals surface area contributed by atoms with Crippen molar-refractivity contribution in [2.45, 2.75) is 31.7 Å². The van der Waals surface area contributed by atoms with Gasteiger partial charge in [0.2, 0.25) is 0 Å². The molecule has 3 rings (SSSR count). The van der Waals surface area contributed by atoms with Crippen LogP contribution in [-0.4, -0.2) is 13.9 Å². The number of rotatable bonds is 3. The maximum Gasteiger partial charge on any atom is 0.534 e. The van der Waals surface area contributed by atoms with E-state index in [1.54, 1.807) is 42.5 Å². The summed E-state index contributed by atoms with van der Waals surface area (Å²) in [5.41, 5.74) is -4.06. The Bertz CT molecular complexity index is 1130. The van der Waals surface area contributed by atoms with E-state index in [0.717, 1.165) is 10.9 Å². The molecule has 0 saturated carbocycles. The van der Waals surface area contributed by atoms with Crippen LogP contribution in [0.5, 0.6) is 5.75 Å². The molecule has 0 spiro atoms. The van der Waals surface area contributed by atoms with Crippen LogP contribution in [0.1, 0.15) is 26.3 Å². The molecule has 0 bridgehead atoms. The first kappa shape index (κ1) is 20.2. The fraction of sp³-hybridized carbons (Fsp3) is 0.238. The molecular weight excluding hydrogens is 389 g/mol. The summed E-state index contributed by atoms with van der Waals surface area (Å²) in [6.45, 7) is 5.92. The van der Waals surface area contributed by atoms with Gasteiger partial charge in [0.25, 0.3) is 0 Å². The molecule has 0 fully saturated rings. The summed E-state index contributed by atoms with van der Waals surface area (Å²) < 4.78 is 66.7. The number of hydrogen-bond donors (Lipinski definition) is 0. The summed E-state index contributed by atoms with van der Waals surface area (Å²) in [6.07, 6.45) is 0. The Kier molecular flexibility index (Phi) is 4.91. The van der Waals surface area contributed by atoms with Gasteiger partial charge in [-0.1, -0.05) is 69.3 Å². The SMILES string of the molecule is CC(C)(C)c1ccccc1-c1cc2ccccc2cc1OS(=O)(=O)C(F)(F)F. The Labute approximate surface area is 161 Å². The maximum atomic E-state index is 12.9. The third kappa shape index (κ3) is 3.85. The first-order chi connectivity index (χ1) is 12.9. The van der Waals surface area contributed by atoms with Crippen molar-refractivity contribution in [1.29, 1.82) is 0 Å². The smallest absolute Gasteiger partial charge is 0.375 e. The molecule has 0 atom stereocenters. The van der Waals surface area contributed by atoms with Crippen LogP contribution in [0.25, 0.3) is 21.9 Å². The minimum atomic E-state index is -5.80. The second-order valence-corrected chi connectivity index (χ2v) is 9.01. The van der Waals surface area contributed by atoms with Crippen LogP contribution in [0.15, 0.2) is 60.7 Å². The fourth-order valence-electron chi connectivity index (χ4n) is 3.04. The van der Waals surface area contributed by atoms with Crippen molar-refractivity contribution < 1.29 is 25.8 Å². The molecule has 0 aliphatic carbocycles. The first-order valence-corrected chi connectivity index (χ1v) is 9.94. The lowest BCUT2D eigenvalue weighted by Crippen LogP contribution is -2.28. The van der Waals surface area contributed by atoms with Crippen molar-refractivity contribution in [3.8, 4) is 16.9 Å². The van der Waals surface area contributed by atoms with E-state index in [4.69, 9.17) is 0 Å². The minimum Gasteiger partial charge on any atom is -0.375 e. The Balaban J connectivity index is 2.31. The van der Waals surface area contributed by atoms with Gasteiger partial charge < -0.3 is 4.18 Å². The molecule has 0 N–H and O–H groups in total. The van der Waals surface area contributed by atoms with Crippen LogP contribution in [0.2, 0.25) is 0 Å². The minimum absolute atomic E-state index is 0.289. The molecule has 0 aliphatic rings. The zero-order valence-electron chi connectivity index (χ0n) is 15.5. The van der Waals surface area contributed by atoms with Gasteiger partial charge in [-0.3, -0.25) is 0 Å². The highest BCUT2D eigenvalue weighted by Crippen LogP contribution is 2.41. The average Bonchev–Trinajstić information content (AvgIpc) is 2.59. The van der Waals surface area contributed by atoms with Gasteiger partial charge in [0.05, 0.1) is 0 Å². The molecule has 3 aromatic rings. The molecule has 0 amide bonds. The Morgan fingerprint density at radius 3 is 1.89 bits per heavy atom. The second-order valence-electron chi connectivity index (χ2n) is 7.47. The van der Waals surface area contributed by atoms with Crippen LogP contribution in [0.3, 0.4) is 0 Å². The summed E-state index contributed by atoms with van der Waals surface area (Å²) in [4.78, 5) is 0. The van der Waals surface area contributed by atoms with Gasteiger partial charge in [0.1, 0.15) is 0 Å². The summed E-state index contributed by atoms with van der Waals surface area (Å²) in [5.74, 6) is -0.354. The summed E-state index contributed by atoms with van der Waals surface area (Å²) in [7, 11) is -5.80. The molecule has 0 heterocycles. The van der Waals surface area contributed by atoms with Gasteiger partial charge in [-0.2, -0.15) is 21.6 Å². The third-order valence-electron chi connectivity index (χ3n) is 4.36. The van der Waals surface area contributed by atoms with E-state index in [1.807, 2.05) is 32.9 Å². The van der Waals surface area contributed by atoms with E-state index >= 15 is 0 Å². The van der Waals surface area contributed by atoms with Crippen molar-refractivity contribution >= 4 is 20.9 Å². The summed E-state index contributed by atoms with van der Waals surface area (Å²) >= 11 is 0. The highest BCUT2D eigenvalue weighted by atomic mass is 32.2. The molecule has 0 saturated heterocycles. The van der Waals surface area contributed by atoms with Gasteiger partial charge >= 0.3 is 15.6 Å². The fourth-order valence-corrected chi connectivity index (χ4v) is 3.51. The zero-order valence-corrected chi connectivity index (χ0v) is 16.4. The van der Waals surface area contributed by atoms with E-state index in [0.29, 0.717) is 10.9 Å². The van der Waals surface area contributed by atoms with Crippen molar-refractivity contribution in [2.75, 3.05) is 0 Å². The predicted molar refractivity (Wildman–Crippen MR) is 104 cm³/mol. The molecule has 7 heteroatoms. The monoisotopic (exact) mass is 408 g/mol. The van der Waals surface area contributed by atoms with Gasteiger partial charge in [0.15, 0.2) is 5.75 Å². The Morgan fingerprint density at radius 1 is 0.786 bits per heavy atom. The van der Waals surface area contributed by atoms with Gasteiger partial charge in [-0.25, -0.2) is 0 Å². The van der Waals surface area contributed by atoms with E-state index in [-0.39, 0.29) is 16.7 Å². The standard InChI is InChI=1S/C21H19F3O3S/c1-20(2,3)18-11-7-6-10-16(18)17-12-14-8-4-5-9-15(14)13-19(17)27-28(25,26)21(22,23)24/h4-13H,1-3H3. The highest BCUT2D eigenvalue weighted by Gasteiger charge is 2.49. The summed E-state index contributed by atoms with van der Waals surface area (Å²) in [5, 5.41) is 1.34. The van der Waals surface area contributed by atoms with E-state index in [2.05, 4.69) is 4.18 Å². The highest BCUT2D eigenvalue weighted by molar-refractivity contribution is 7.88. The molecule has 3 aromatic carbocycles.